The van der Waals surface area contributed by atoms with Gasteiger partial charge in [-0.15, -0.1) is 11.3 Å². The zero-order valence-electron chi connectivity index (χ0n) is 10.1. The van der Waals surface area contributed by atoms with Crippen LogP contribution in [0.15, 0.2) is 17.0 Å². The normalized spacial score (nSPS) is 10.3. The number of hydrogen-bond donors (Lipinski definition) is 1. The quantitative estimate of drug-likeness (QED) is 0.897. The number of rotatable bonds is 4. The van der Waals surface area contributed by atoms with Gasteiger partial charge in [0.2, 0.25) is 5.95 Å². The Kier molecular flexibility index (Phi) is 3.53. The Labute approximate surface area is 105 Å². The second-order valence-electron chi connectivity index (χ2n) is 3.78. The van der Waals surface area contributed by atoms with Crippen LogP contribution in [0.1, 0.15) is 11.4 Å². The molecule has 2 aromatic rings. The molecule has 0 spiro atoms. The highest BCUT2D eigenvalue weighted by atomic mass is 32.1. The van der Waals surface area contributed by atoms with Gasteiger partial charge in [-0.1, -0.05) is 0 Å². The molecule has 0 aromatic carbocycles. The van der Waals surface area contributed by atoms with Gasteiger partial charge in [-0.3, -0.25) is 0 Å². The summed E-state index contributed by atoms with van der Waals surface area (Å²) in [5, 5.41) is 5.00. The molecule has 0 amide bonds. The van der Waals surface area contributed by atoms with Gasteiger partial charge in [0.25, 0.3) is 0 Å². The minimum Gasteiger partial charge on any atom is -0.357 e. The molecule has 6 heteroatoms. The van der Waals surface area contributed by atoms with Crippen molar-refractivity contribution in [2.75, 3.05) is 24.3 Å². The van der Waals surface area contributed by atoms with Crippen LogP contribution in [0, 0.1) is 6.92 Å². The third-order valence-electron chi connectivity index (χ3n) is 2.34. The number of anilines is 2. The fourth-order valence-corrected chi connectivity index (χ4v) is 2.05. The zero-order chi connectivity index (χ0) is 12.3. The maximum Gasteiger partial charge on any atom is 0.224 e. The molecule has 0 bridgehead atoms. The van der Waals surface area contributed by atoms with E-state index >= 15 is 0 Å². The van der Waals surface area contributed by atoms with Gasteiger partial charge in [-0.2, -0.15) is 4.98 Å². The molecular weight excluding hydrogens is 234 g/mol. The van der Waals surface area contributed by atoms with Crippen LogP contribution in [-0.4, -0.2) is 29.0 Å². The third-order valence-corrected chi connectivity index (χ3v) is 2.97. The predicted molar refractivity (Wildman–Crippen MR) is 70.5 cm³/mol. The lowest BCUT2D eigenvalue weighted by Crippen LogP contribution is -2.18. The van der Waals surface area contributed by atoms with Crippen LogP contribution in [0.2, 0.25) is 0 Å². The number of hydrogen-bond acceptors (Lipinski definition) is 6. The molecule has 2 rings (SSSR count). The molecule has 0 atom stereocenters. The van der Waals surface area contributed by atoms with Crippen molar-refractivity contribution in [1.29, 1.82) is 0 Å². The zero-order valence-corrected chi connectivity index (χ0v) is 11.0. The molecule has 0 saturated heterocycles. The minimum absolute atomic E-state index is 0.644. The van der Waals surface area contributed by atoms with Gasteiger partial charge < -0.3 is 10.2 Å². The molecule has 17 heavy (non-hydrogen) atoms. The number of aromatic nitrogens is 3. The molecule has 0 fully saturated rings. The fourth-order valence-electron chi connectivity index (χ4n) is 1.50. The van der Waals surface area contributed by atoms with Crippen LogP contribution >= 0.6 is 11.3 Å². The van der Waals surface area contributed by atoms with Crippen molar-refractivity contribution in [3.63, 3.8) is 0 Å². The molecular formula is C11H15N5S. The van der Waals surface area contributed by atoms with Gasteiger partial charge in [0.05, 0.1) is 17.7 Å². The lowest BCUT2D eigenvalue weighted by Gasteiger charge is -2.17. The molecule has 2 aromatic heterocycles. The number of thiazole rings is 1. The Balaban J connectivity index is 2.18. The Hall–Kier alpha value is -1.69. The van der Waals surface area contributed by atoms with Crippen LogP contribution in [0.4, 0.5) is 11.8 Å². The first-order chi connectivity index (χ1) is 8.19. The number of aryl methyl sites for hydroxylation is 1. The molecule has 0 radical (unpaired) electrons. The standard InChI is InChI=1S/C11H15N5S/c1-8-4-10(15-11(12-2)14-8)16(3)5-9-6-17-7-13-9/h4,6-7H,5H2,1-3H3,(H,12,14,15). The van der Waals surface area contributed by atoms with Crippen LogP contribution in [0.25, 0.3) is 0 Å². The molecule has 0 unspecified atom stereocenters. The summed E-state index contributed by atoms with van der Waals surface area (Å²) in [6.07, 6.45) is 0. The number of nitrogens with one attached hydrogen (secondary N) is 1. The second kappa shape index (κ2) is 5.09. The van der Waals surface area contributed by atoms with Crippen molar-refractivity contribution < 1.29 is 0 Å². The van der Waals surface area contributed by atoms with E-state index in [0.29, 0.717) is 5.95 Å². The summed E-state index contributed by atoms with van der Waals surface area (Å²) in [7, 11) is 3.82. The lowest BCUT2D eigenvalue weighted by molar-refractivity contribution is 0.866. The monoisotopic (exact) mass is 249 g/mol. The van der Waals surface area contributed by atoms with E-state index in [1.54, 1.807) is 11.3 Å². The Bertz CT molecular complexity index is 483. The molecule has 90 valence electrons. The first-order valence-electron chi connectivity index (χ1n) is 5.30. The summed E-state index contributed by atoms with van der Waals surface area (Å²) >= 11 is 1.60. The average Bonchev–Trinajstić information content (AvgIpc) is 2.81. The predicted octanol–water partition coefficient (Wildman–Crippen LogP) is 1.92. The van der Waals surface area contributed by atoms with E-state index in [0.717, 1.165) is 23.8 Å². The maximum atomic E-state index is 4.41. The van der Waals surface area contributed by atoms with Crippen LogP contribution < -0.4 is 10.2 Å². The number of nitrogens with zero attached hydrogens (tertiary/aromatic N) is 4. The molecule has 0 aliphatic heterocycles. The SMILES string of the molecule is CNc1nc(C)cc(N(C)Cc2cscn2)n1. The molecule has 5 nitrogen and oxygen atoms in total. The summed E-state index contributed by atoms with van der Waals surface area (Å²) in [4.78, 5) is 15.0. The largest absolute Gasteiger partial charge is 0.357 e. The van der Waals surface area contributed by atoms with Crippen LogP contribution in [0.5, 0.6) is 0 Å². The molecule has 1 N–H and O–H groups in total. The van der Waals surface area contributed by atoms with Crippen molar-refractivity contribution in [2.24, 2.45) is 0 Å². The van der Waals surface area contributed by atoms with Gasteiger partial charge in [-0.05, 0) is 6.92 Å². The van der Waals surface area contributed by atoms with Crippen molar-refractivity contribution in [2.45, 2.75) is 13.5 Å². The average molecular weight is 249 g/mol. The van der Waals surface area contributed by atoms with Gasteiger partial charge in [0, 0.05) is 31.2 Å². The molecule has 0 aliphatic carbocycles. The summed E-state index contributed by atoms with van der Waals surface area (Å²) in [6, 6.07) is 1.97. The van der Waals surface area contributed by atoms with Gasteiger partial charge >= 0.3 is 0 Å². The van der Waals surface area contributed by atoms with E-state index in [9.17, 15) is 0 Å². The first kappa shape index (κ1) is 11.8. The highest BCUT2D eigenvalue weighted by Gasteiger charge is 2.07. The lowest BCUT2D eigenvalue weighted by atomic mass is 10.4. The summed E-state index contributed by atoms with van der Waals surface area (Å²) in [6.45, 7) is 2.71. The Morgan fingerprint density at radius 2 is 2.24 bits per heavy atom. The van der Waals surface area contributed by atoms with E-state index in [4.69, 9.17) is 0 Å². The Morgan fingerprint density at radius 1 is 1.41 bits per heavy atom. The van der Waals surface area contributed by atoms with E-state index in [1.165, 1.54) is 0 Å². The highest BCUT2D eigenvalue weighted by molar-refractivity contribution is 7.07. The van der Waals surface area contributed by atoms with Gasteiger partial charge in [0.15, 0.2) is 0 Å². The topological polar surface area (TPSA) is 53.9 Å². The summed E-state index contributed by atoms with van der Waals surface area (Å²) in [5.74, 6) is 1.54. The van der Waals surface area contributed by atoms with Crippen molar-refractivity contribution in [1.82, 2.24) is 15.0 Å². The smallest absolute Gasteiger partial charge is 0.224 e. The summed E-state index contributed by atoms with van der Waals surface area (Å²) in [5.41, 5.74) is 3.84. The van der Waals surface area contributed by atoms with Crippen molar-refractivity contribution in [3.05, 3.63) is 28.3 Å². The van der Waals surface area contributed by atoms with E-state index in [2.05, 4.69) is 25.2 Å². The first-order valence-corrected chi connectivity index (χ1v) is 6.25. The van der Waals surface area contributed by atoms with Gasteiger partial charge in [-0.25, -0.2) is 9.97 Å². The fraction of sp³-hybridized carbons (Fsp3) is 0.364. The maximum absolute atomic E-state index is 4.41. The second-order valence-corrected chi connectivity index (χ2v) is 4.50. The van der Waals surface area contributed by atoms with Crippen LogP contribution in [-0.2, 0) is 6.54 Å². The summed E-state index contributed by atoms with van der Waals surface area (Å²) < 4.78 is 0. The minimum atomic E-state index is 0.644. The van der Waals surface area contributed by atoms with E-state index in [-0.39, 0.29) is 0 Å². The van der Waals surface area contributed by atoms with Crippen molar-refractivity contribution in [3.8, 4) is 0 Å². The van der Waals surface area contributed by atoms with Crippen LogP contribution in [0.3, 0.4) is 0 Å². The van der Waals surface area contributed by atoms with Crippen molar-refractivity contribution >= 4 is 23.1 Å². The highest BCUT2D eigenvalue weighted by Crippen LogP contribution is 2.15. The van der Waals surface area contributed by atoms with Gasteiger partial charge in [0.1, 0.15) is 5.82 Å². The third kappa shape index (κ3) is 2.91. The van der Waals surface area contributed by atoms with E-state index < -0.39 is 0 Å². The van der Waals surface area contributed by atoms with E-state index in [1.807, 2.05) is 38.0 Å². The molecule has 0 saturated carbocycles. The molecule has 0 aliphatic rings. The Morgan fingerprint density at radius 3 is 2.88 bits per heavy atom. The molecule has 2 heterocycles.